The molecule has 1 fully saturated rings. The molecule has 5 nitrogen and oxygen atoms in total. The molecule has 0 amide bonds. The molecule has 94 valence electrons. The lowest BCUT2D eigenvalue weighted by Gasteiger charge is -2.16. The van der Waals surface area contributed by atoms with Crippen LogP contribution in [0, 0.1) is 0 Å². The van der Waals surface area contributed by atoms with Crippen molar-refractivity contribution in [3.63, 3.8) is 0 Å². The molecular weight excluding hydrogens is 264 g/mol. The number of anilines is 1. The quantitative estimate of drug-likeness (QED) is 0.778. The number of benzene rings is 1. The van der Waals surface area contributed by atoms with Gasteiger partial charge in [0, 0.05) is 18.8 Å². The maximum atomic E-state index is 12.2. The Morgan fingerprint density at radius 3 is 2.71 bits per heavy atom. The summed E-state index contributed by atoms with van der Waals surface area (Å²) in [7, 11) is -3.63. The van der Waals surface area contributed by atoms with Crippen LogP contribution in [0.4, 0.5) is 5.69 Å². The van der Waals surface area contributed by atoms with Crippen molar-refractivity contribution in [3.8, 4) is 0 Å². The van der Waals surface area contributed by atoms with Gasteiger partial charge in [-0.15, -0.1) is 0 Å². The topological polar surface area (TPSA) is 83.6 Å². The van der Waals surface area contributed by atoms with Crippen LogP contribution in [0.2, 0.25) is 5.02 Å². The van der Waals surface area contributed by atoms with Gasteiger partial charge in [-0.1, -0.05) is 11.6 Å². The minimum Gasteiger partial charge on any atom is -0.399 e. The Balaban J connectivity index is 2.38. The lowest BCUT2D eigenvalue weighted by atomic mass is 10.3. The van der Waals surface area contributed by atoms with E-state index in [2.05, 4.69) is 0 Å². The van der Waals surface area contributed by atoms with Crippen LogP contribution in [0.3, 0.4) is 0 Å². The first kappa shape index (κ1) is 12.6. The molecule has 0 radical (unpaired) electrons. The van der Waals surface area contributed by atoms with Gasteiger partial charge in [-0.25, -0.2) is 8.42 Å². The van der Waals surface area contributed by atoms with Gasteiger partial charge in [-0.2, -0.15) is 4.31 Å². The predicted molar refractivity (Wildman–Crippen MR) is 65.2 cm³/mol. The molecule has 7 heteroatoms. The first-order valence-corrected chi connectivity index (χ1v) is 6.96. The van der Waals surface area contributed by atoms with E-state index in [1.807, 2.05) is 0 Å². The Labute approximate surface area is 105 Å². The minimum atomic E-state index is -3.63. The Morgan fingerprint density at radius 1 is 1.47 bits per heavy atom. The van der Waals surface area contributed by atoms with Crippen LogP contribution in [-0.2, 0) is 10.0 Å². The van der Waals surface area contributed by atoms with E-state index < -0.39 is 16.1 Å². The van der Waals surface area contributed by atoms with Crippen LogP contribution in [-0.4, -0.2) is 37.0 Å². The van der Waals surface area contributed by atoms with Gasteiger partial charge >= 0.3 is 0 Å². The van der Waals surface area contributed by atoms with E-state index in [-0.39, 0.29) is 16.5 Å². The third-order valence-electron chi connectivity index (χ3n) is 2.70. The summed E-state index contributed by atoms with van der Waals surface area (Å²) in [6, 6.07) is 4.28. The standard InChI is InChI=1S/C10H13ClN2O3S/c11-9-5-7(12)1-2-10(9)17(15,16)13-4-3-8(14)6-13/h1-2,5,8,14H,3-4,6,12H2. The summed E-state index contributed by atoms with van der Waals surface area (Å²) in [4.78, 5) is 0.0301. The molecule has 0 aliphatic carbocycles. The van der Waals surface area contributed by atoms with Crippen molar-refractivity contribution in [1.29, 1.82) is 0 Å². The third-order valence-corrected chi connectivity index (χ3v) is 5.05. The molecule has 1 aromatic carbocycles. The molecule has 0 bridgehead atoms. The molecule has 1 aromatic rings. The van der Waals surface area contributed by atoms with E-state index >= 15 is 0 Å². The number of aliphatic hydroxyl groups is 1. The molecule has 0 aromatic heterocycles. The Kier molecular flexibility index (Phi) is 3.31. The van der Waals surface area contributed by atoms with Crippen LogP contribution in [0.15, 0.2) is 23.1 Å². The number of aliphatic hydroxyl groups excluding tert-OH is 1. The average Bonchev–Trinajstić information content (AvgIpc) is 2.64. The Bertz CT molecular complexity index is 532. The fourth-order valence-corrected chi connectivity index (χ4v) is 3.81. The van der Waals surface area contributed by atoms with E-state index in [9.17, 15) is 13.5 Å². The van der Waals surface area contributed by atoms with Gasteiger partial charge in [0.05, 0.1) is 11.1 Å². The van der Waals surface area contributed by atoms with Gasteiger partial charge in [0.1, 0.15) is 4.90 Å². The summed E-state index contributed by atoms with van der Waals surface area (Å²) >= 11 is 5.88. The fourth-order valence-electron chi connectivity index (χ4n) is 1.79. The van der Waals surface area contributed by atoms with Crippen LogP contribution in [0.5, 0.6) is 0 Å². The number of halogens is 1. The van der Waals surface area contributed by atoms with Crippen molar-refractivity contribution < 1.29 is 13.5 Å². The lowest BCUT2D eigenvalue weighted by Crippen LogP contribution is -2.29. The number of nitrogens with two attached hydrogens (primary N) is 1. The zero-order valence-electron chi connectivity index (χ0n) is 9.01. The number of hydrogen-bond donors (Lipinski definition) is 2. The van der Waals surface area contributed by atoms with E-state index in [4.69, 9.17) is 17.3 Å². The zero-order chi connectivity index (χ0) is 12.6. The second-order valence-electron chi connectivity index (χ2n) is 4.00. The second kappa shape index (κ2) is 4.45. The highest BCUT2D eigenvalue weighted by molar-refractivity contribution is 7.89. The van der Waals surface area contributed by atoms with E-state index in [0.717, 1.165) is 0 Å². The number of hydrogen-bond acceptors (Lipinski definition) is 4. The maximum absolute atomic E-state index is 12.2. The molecule has 0 spiro atoms. The van der Waals surface area contributed by atoms with Gasteiger partial charge in [0.2, 0.25) is 10.0 Å². The number of rotatable bonds is 2. The van der Waals surface area contributed by atoms with Crippen LogP contribution >= 0.6 is 11.6 Å². The first-order valence-electron chi connectivity index (χ1n) is 5.14. The summed E-state index contributed by atoms with van der Waals surface area (Å²) in [5.74, 6) is 0. The number of nitrogen functional groups attached to an aromatic ring is 1. The number of nitrogens with zero attached hydrogens (tertiary/aromatic N) is 1. The molecule has 1 heterocycles. The largest absolute Gasteiger partial charge is 0.399 e. The SMILES string of the molecule is Nc1ccc(S(=O)(=O)N2CCC(O)C2)c(Cl)c1. The predicted octanol–water partition coefficient (Wildman–Crippen LogP) is 0.677. The Hall–Kier alpha value is -0.820. The van der Waals surface area contributed by atoms with Gasteiger partial charge in [-0.05, 0) is 24.6 Å². The summed E-state index contributed by atoms with van der Waals surface area (Å²) in [6.07, 6.45) is -0.149. The highest BCUT2D eigenvalue weighted by Gasteiger charge is 2.32. The molecular formula is C10H13ClN2O3S. The highest BCUT2D eigenvalue weighted by Crippen LogP contribution is 2.28. The molecule has 2 rings (SSSR count). The monoisotopic (exact) mass is 276 g/mol. The molecule has 1 aliphatic rings. The van der Waals surface area contributed by atoms with Crippen molar-refractivity contribution in [3.05, 3.63) is 23.2 Å². The van der Waals surface area contributed by atoms with Gasteiger partial charge in [0.15, 0.2) is 0 Å². The molecule has 1 saturated heterocycles. The van der Waals surface area contributed by atoms with E-state index in [0.29, 0.717) is 18.7 Å². The lowest BCUT2D eigenvalue weighted by molar-refractivity contribution is 0.189. The number of sulfonamides is 1. The van der Waals surface area contributed by atoms with Crippen LogP contribution in [0.1, 0.15) is 6.42 Å². The zero-order valence-corrected chi connectivity index (χ0v) is 10.6. The van der Waals surface area contributed by atoms with E-state index in [1.54, 1.807) is 0 Å². The fraction of sp³-hybridized carbons (Fsp3) is 0.400. The second-order valence-corrected chi connectivity index (χ2v) is 6.31. The number of β-amino-alcohol motifs (C(OH)–C–C–N with tert-alkyl or cyclic N) is 1. The van der Waals surface area contributed by atoms with Crippen molar-refractivity contribution in [2.75, 3.05) is 18.8 Å². The van der Waals surface area contributed by atoms with Crippen LogP contribution in [0.25, 0.3) is 0 Å². The van der Waals surface area contributed by atoms with Crippen molar-refractivity contribution in [1.82, 2.24) is 4.31 Å². The smallest absolute Gasteiger partial charge is 0.244 e. The molecule has 1 aliphatic heterocycles. The van der Waals surface area contributed by atoms with Gasteiger partial charge in [0.25, 0.3) is 0 Å². The van der Waals surface area contributed by atoms with Crippen molar-refractivity contribution >= 4 is 27.3 Å². The summed E-state index contributed by atoms with van der Waals surface area (Å²) in [5.41, 5.74) is 5.93. The molecule has 3 N–H and O–H groups in total. The first-order chi connectivity index (χ1) is 7.91. The third kappa shape index (κ3) is 2.40. The summed E-state index contributed by atoms with van der Waals surface area (Å²) < 4.78 is 25.6. The molecule has 1 atom stereocenters. The van der Waals surface area contributed by atoms with Gasteiger partial charge < -0.3 is 10.8 Å². The van der Waals surface area contributed by atoms with Crippen molar-refractivity contribution in [2.24, 2.45) is 0 Å². The Morgan fingerprint density at radius 2 is 2.18 bits per heavy atom. The summed E-state index contributed by atoms with van der Waals surface area (Å²) in [6.45, 7) is 0.424. The minimum absolute atomic E-state index is 0.0301. The highest BCUT2D eigenvalue weighted by atomic mass is 35.5. The maximum Gasteiger partial charge on any atom is 0.244 e. The van der Waals surface area contributed by atoms with Crippen molar-refractivity contribution in [2.45, 2.75) is 17.4 Å². The normalized spacial score (nSPS) is 21.9. The summed E-state index contributed by atoms with van der Waals surface area (Å²) in [5, 5.41) is 9.47. The van der Waals surface area contributed by atoms with Gasteiger partial charge in [-0.3, -0.25) is 0 Å². The van der Waals surface area contributed by atoms with Crippen LogP contribution < -0.4 is 5.73 Å². The molecule has 17 heavy (non-hydrogen) atoms. The van der Waals surface area contributed by atoms with E-state index in [1.165, 1.54) is 22.5 Å². The average molecular weight is 277 g/mol. The molecule has 0 saturated carbocycles. The molecule has 1 unspecified atom stereocenters.